The van der Waals surface area contributed by atoms with Crippen molar-refractivity contribution in [2.75, 3.05) is 17.6 Å². The summed E-state index contributed by atoms with van der Waals surface area (Å²) in [7, 11) is -3.83. The van der Waals surface area contributed by atoms with Crippen LogP contribution in [0.2, 0.25) is 0 Å². The topological polar surface area (TPSA) is 98.2 Å². The molecule has 0 saturated heterocycles. The Kier molecular flexibility index (Phi) is 3.66. The van der Waals surface area contributed by atoms with Crippen LogP contribution < -0.4 is 16.2 Å². The van der Waals surface area contributed by atoms with Crippen LogP contribution in [0.5, 0.6) is 0 Å². The highest BCUT2D eigenvalue weighted by atomic mass is 32.2. The van der Waals surface area contributed by atoms with Crippen LogP contribution in [0.1, 0.15) is 0 Å². The molecule has 0 atom stereocenters. The van der Waals surface area contributed by atoms with Crippen molar-refractivity contribution in [1.29, 1.82) is 0 Å². The van der Waals surface area contributed by atoms with E-state index >= 15 is 0 Å². The van der Waals surface area contributed by atoms with Gasteiger partial charge >= 0.3 is 0 Å². The predicted molar refractivity (Wildman–Crippen MR) is 56.7 cm³/mol. The molecule has 0 aromatic heterocycles. The first kappa shape index (κ1) is 12.7. The van der Waals surface area contributed by atoms with Crippen LogP contribution in [-0.2, 0) is 10.0 Å². The summed E-state index contributed by atoms with van der Waals surface area (Å²) in [5, 5.41) is 7.25. The Morgan fingerprint density at radius 3 is 2.44 bits per heavy atom. The van der Waals surface area contributed by atoms with Gasteiger partial charge in [-0.3, -0.25) is 0 Å². The Balaban J connectivity index is 2.92. The summed E-state index contributed by atoms with van der Waals surface area (Å²) in [4.78, 5) is -0.160. The van der Waals surface area contributed by atoms with Crippen LogP contribution in [0, 0.1) is 0 Å². The standard InChI is InChI=1S/C8H11F2N3O2S/c9-8(10)4-13-7-2-1-5(3-6(7)11)16(12,14)15/h1-3,8,13H,4,11H2,(H2,12,14,15). The smallest absolute Gasteiger partial charge is 0.255 e. The van der Waals surface area contributed by atoms with Gasteiger partial charge in [0.25, 0.3) is 6.43 Å². The zero-order valence-electron chi connectivity index (χ0n) is 8.15. The molecule has 0 heterocycles. The molecule has 1 rings (SSSR count). The number of primary sulfonamides is 1. The second-order valence-corrected chi connectivity index (χ2v) is 4.63. The van der Waals surface area contributed by atoms with Crippen LogP contribution in [0.3, 0.4) is 0 Å². The summed E-state index contributed by atoms with van der Waals surface area (Å²) in [6.45, 7) is -0.557. The molecule has 0 fully saturated rings. The summed E-state index contributed by atoms with van der Waals surface area (Å²) < 4.78 is 45.7. The van der Waals surface area contributed by atoms with Crippen LogP contribution in [0.15, 0.2) is 23.1 Å². The van der Waals surface area contributed by atoms with E-state index in [2.05, 4.69) is 5.32 Å². The Labute approximate surface area is 91.5 Å². The van der Waals surface area contributed by atoms with Crippen molar-refractivity contribution in [2.24, 2.45) is 5.14 Å². The molecule has 5 nitrogen and oxygen atoms in total. The van der Waals surface area contributed by atoms with Gasteiger partial charge in [-0.05, 0) is 18.2 Å². The molecule has 0 aliphatic rings. The van der Waals surface area contributed by atoms with E-state index in [1.165, 1.54) is 12.1 Å². The highest BCUT2D eigenvalue weighted by molar-refractivity contribution is 7.89. The van der Waals surface area contributed by atoms with Crippen molar-refractivity contribution in [1.82, 2.24) is 0 Å². The number of alkyl halides is 2. The molecule has 0 spiro atoms. The number of anilines is 2. The van der Waals surface area contributed by atoms with Gasteiger partial charge in [0.05, 0.1) is 22.8 Å². The SMILES string of the molecule is Nc1cc(S(N)(=O)=O)ccc1NCC(F)F. The molecule has 0 aliphatic carbocycles. The van der Waals surface area contributed by atoms with E-state index < -0.39 is 23.0 Å². The van der Waals surface area contributed by atoms with E-state index in [0.717, 1.165) is 6.07 Å². The zero-order valence-corrected chi connectivity index (χ0v) is 8.97. The number of rotatable bonds is 4. The average Bonchev–Trinajstić information content (AvgIpc) is 2.14. The van der Waals surface area contributed by atoms with Gasteiger partial charge in [0, 0.05) is 0 Å². The Morgan fingerprint density at radius 2 is 2.00 bits per heavy atom. The van der Waals surface area contributed by atoms with Crippen LogP contribution >= 0.6 is 0 Å². The fraction of sp³-hybridized carbons (Fsp3) is 0.250. The minimum absolute atomic E-state index is 0.0483. The number of nitrogen functional groups attached to an aromatic ring is 1. The van der Waals surface area contributed by atoms with E-state index in [9.17, 15) is 17.2 Å². The Morgan fingerprint density at radius 1 is 1.38 bits per heavy atom. The zero-order chi connectivity index (χ0) is 12.3. The largest absolute Gasteiger partial charge is 0.397 e. The van der Waals surface area contributed by atoms with Gasteiger partial charge in [-0.2, -0.15) is 0 Å². The van der Waals surface area contributed by atoms with Gasteiger partial charge in [-0.15, -0.1) is 0 Å². The predicted octanol–water partition coefficient (Wildman–Crippen LogP) is 0.593. The van der Waals surface area contributed by atoms with Gasteiger partial charge in [0.1, 0.15) is 0 Å². The molecule has 1 aromatic rings. The lowest BCUT2D eigenvalue weighted by Gasteiger charge is -2.09. The van der Waals surface area contributed by atoms with Gasteiger partial charge in [-0.25, -0.2) is 22.3 Å². The van der Waals surface area contributed by atoms with Crippen LogP contribution in [0.25, 0.3) is 0 Å². The van der Waals surface area contributed by atoms with E-state index in [1.54, 1.807) is 0 Å². The van der Waals surface area contributed by atoms with Crippen molar-refractivity contribution in [2.45, 2.75) is 11.3 Å². The molecule has 90 valence electrons. The van der Waals surface area contributed by atoms with Crippen molar-refractivity contribution >= 4 is 21.4 Å². The number of sulfonamides is 1. The van der Waals surface area contributed by atoms with Gasteiger partial charge in [0.2, 0.25) is 10.0 Å². The van der Waals surface area contributed by atoms with E-state index in [-0.39, 0.29) is 16.3 Å². The molecule has 1 aromatic carbocycles. The third-order valence-electron chi connectivity index (χ3n) is 1.80. The molecule has 0 bridgehead atoms. The summed E-state index contributed by atoms with van der Waals surface area (Å²) in [6.07, 6.45) is -2.52. The Bertz CT molecular complexity index is 476. The molecule has 0 amide bonds. The van der Waals surface area contributed by atoms with Crippen LogP contribution in [-0.4, -0.2) is 21.4 Å². The van der Waals surface area contributed by atoms with Crippen molar-refractivity contribution in [3.63, 3.8) is 0 Å². The van der Waals surface area contributed by atoms with Crippen LogP contribution in [0.4, 0.5) is 20.2 Å². The molecule has 0 radical (unpaired) electrons. The summed E-state index contributed by atoms with van der Waals surface area (Å²) >= 11 is 0. The summed E-state index contributed by atoms with van der Waals surface area (Å²) in [5.74, 6) is 0. The van der Waals surface area contributed by atoms with Crippen molar-refractivity contribution < 1.29 is 17.2 Å². The number of nitrogens with two attached hydrogens (primary N) is 2. The first-order chi connectivity index (χ1) is 7.30. The highest BCUT2D eigenvalue weighted by Gasteiger charge is 2.10. The number of hydrogen-bond acceptors (Lipinski definition) is 4. The minimum atomic E-state index is -3.83. The molecular formula is C8H11F2N3O2S. The number of hydrogen-bond donors (Lipinski definition) is 3. The first-order valence-corrected chi connectivity index (χ1v) is 5.79. The summed E-state index contributed by atoms with van der Waals surface area (Å²) in [6, 6.07) is 3.60. The van der Waals surface area contributed by atoms with E-state index in [4.69, 9.17) is 10.9 Å². The second kappa shape index (κ2) is 4.62. The highest BCUT2D eigenvalue weighted by Crippen LogP contribution is 2.21. The third-order valence-corrected chi connectivity index (χ3v) is 2.71. The fourth-order valence-electron chi connectivity index (χ4n) is 1.07. The number of halogens is 2. The maximum atomic E-state index is 11.9. The van der Waals surface area contributed by atoms with E-state index in [1.807, 2.05) is 0 Å². The van der Waals surface area contributed by atoms with Gasteiger partial charge in [-0.1, -0.05) is 0 Å². The maximum absolute atomic E-state index is 11.9. The molecule has 8 heteroatoms. The maximum Gasteiger partial charge on any atom is 0.255 e. The molecular weight excluding hydrogens is 240 g/mol. The molecule has 5 N–H and O–H groups in total. The molecule has 0 saturated carbocycles. The number of benzene rings is 1. The lowest BCUT2D eigenvalue weighted by atomic mass is 10.2. The first-order valence-electron chi connectivity index (χ1n) is 4.25. The van der Waals surface area contributed by atoms with Gasteiger partial charge < -0.3 is 11.1 Å². The second-order valence-electron chi connectivity index (χ2n) is 3.07. The lowest BCUT2D eigenvalue weighted by molar-refractivity contribution is 0.163. The summed E-state index contributed by atoms with van der Waals surface area (Å²) in [5.41, 5.74) is 5.77. The lowest BCUT2D eigenvalue weighted by Crippen LogP contribution is -2.14. The van der Waals surface area contributed by atoms with Crippen molar-refractivity contribution in [3.05, 3.63) is 18.2 Å². The van der Waals surface area contributed by atoms with E-state index in [0.29, 0.717) is 0 Å². The Hall–Kier alpha value is -1.41. The average molecular weight is 251 g/mol. The normalized spacial score (nSPS) is 11.8. The molecule has 0 aliphatic heterocycles. The number of nitrogens with one attached hydrogen (secondary N) is 1. The molecule has 16 heavy (non-hydrogen) atoms. The minimum Gasteiger partial charge on any atom is -0.397 e. The molecule has 0 unspecified atom stereocenters. The van der Waals surface area contributed by atoms with Gasteiger partial charge in [0.15, 0.2) is 0 Å². The monoisotopic (exact) mass is 251 g/mol. The quantitative estimate of drug-likeness (QED) is 0.682. The third kappa shape index (κ3) is 3.31. The fourth-order valence-corrected chi connectivity index (χ4v) is 1.61. The van der Waals surface area contributed by atoms with Crippen molar-refractivity contribution in [3.8, 4) is 0 Å².